The van der Waals surface area contributed by atoms with E-state index >= 15 is 0 Å². The van der Waals surface area contributed by atoms with Gasteiger partial charge in [-0.25, -0.2) is 0 Å². The number of aryl methyl sites for hydroxylation is 2. The fourth-order valence-electron chi connectivity index (χ4n) is 2.78. The van der Waals surface area contributed by atoms with E-state index < -0.39 is 0 Å². The van der Waals surface area contributed by atoms with Crippen LogP contribution in [0, 0.1) is 0 Å². The Bertz CT molecular complexity index is 676. The molecule has 3 heterocycles. The fourth-order valence-corrected chi connectivity index (χ4v) is 2.78. The molecule has 0 bridgehead atoms. The van der Waals surface area contributed by atoms with Crippen LogP contribution in [0.5, 0.6) is 0 Å². The predicted octanol–water partition coefficient (Wildman–Crippen LogP) is 1.67. The molecule has 3 rings (SSSR count). The maximum Gasteiger partial charge on any atom is 0.250 e. The van der Waals surface area contributed by atoms with Crippen molar-refractivity contribution in [3.8, 4) is 0 Å². The summed E-state index contributed by atoms with van der Waals surface area (Å²) in [6, 6.07) is 3.88. The van der Waals surface area contributed by atoms with Gasteiger partial charge in [-0.3, -0.25) is 9.69 Å². The van der Waals surface area contributed by atoms with Gasteiger partial charge in [-0.2, -0.15) is 4.98 Å². The minimum absolute atomic E-state index is 0.0241. The lowest BCUT2D eigenvalue weighted by atomic mass is 10.2. The van der Waals surface area contributed by atoms with Crippen LogP contribution in [0.3, 0.4) is 0 Å². The van der Waals surface area contributed by atoms with E-state index in [1.54, 1.807) is 17.7 Å². The van der Waals surface area contributed by atoms with Crippen molar-refractivity contribution in [2.75, 3.05) is 6.54 Å². The van der Waals surface area contributed by atoms with E-state index in [0.717, 1.165) is 43.7 Å². The first kappa shape index (κ1) is 14.0. The van der Waals surface area contributed by atoms with Gasteiger partial charge in [0.2, 0.25) is 5.89 Å². The number of pyridine rings is 1. The maximum absolute atomic E-state index is 11.7. The minimum atomic E-state index is 0.0241. The SMILES string of the molecule is CCc1nc([C@H]2CCCN2Cc2ccn(C)c(=O)c2)no1. The van der Waals surface area contributed by atoms with Gasteiger partial charge >= 0.3 is 0 Å². The quantitative estimate of drug-likeness (QED) is 0.856. The van der Waals surface area contributed by atoms with Crippen molar-refractivity contribution in [3.05, 3.63) is 46.0 Å². The summed E-state index contributed by atoms with van der Waals surface area (Å²) in [4.78, 5) is 18.5. The van der Waals surface area contributed by atoms with Gasteiger partial charge < -0.3 is 9.09 Å². The van der Waals surface area contributed by atoms with Gasteiger partial charge in [0, 0.05) is 32.3 Å². The predicted molar refractivity (Wildman–Crippen MR) is 77.7 cm³/mol. The largest absolute Gasteiger partial charge is 0.339 e. The van der Waals surface area contributed by atoms with Crippen LogP contribution in [-0.4, -0.2) is 26.2 Å². The van der Waals surface area contributed by atoms with Crippen molar-refractivity contribution in [2.45, 2.75) is 38.8 Å². The molecule has 0 aliphatic carbocycles. The van der Waals surface area contributed by atoms with E-state index in [4.69, 9.17) is 4.52 Å². The van der Waals surface area contributed by atoms with E-state index in [-0.39, 0.29) is 11.6 Å². The molecule has 1 aliphatic rings. The summed E-state index contributed by atoms with van der Waals surface area (Å²) in [5, 5.41) is 4.10. The van der Waals surface area contributed by atoms with E-state index in [9.17, 15) is 4.79 Å². The van der Waals surface area contributed by atoms with Crippen LogP contribution in [-0.2, 0) is 20.0 Å². The molecule has 2 aromatic heterocycles. The Kier molecular flexibility index (Phi) is 3.88. The topological polar surface area (TPSA) is 64.2 Å². The second-order valence-corrected chi connectivity index (χ2v) is 5.51. The summed E-state index contributed by atoms with van der Waals surface area (Å²) in [5.74, 6) is 1.46. The third-order valence-corrected chi connectivity index (χ3v) is 4.00. The van der Waals surface area contributed by atoms with Crippen molar-refractivity contribution in [1.82, 2.24) is 19.6 Å². The highest BCUT2D eigenvalue weighted by atomic mass is 16.5. The van der Waals surface area contributed by atoms with Gasteiger partial charge in [0.25, 0.3) is 5.56 Å². The van der Waals surface area contributed by atoms with Gasteiger partial charge in [0.1, 0.15) is 0 Å². The van der Waals surface area contributed by atoms with E-state index in [1.165, 1.54) is 0 Å². The Morgan fingerprint density at radius 3 is 3.05 bits per heavy atom. The Morgan fingerprint density at radius 1 is 1.48 bits per heavy atom. The van der Waals surface area contributed by atoms with Crippen LogP contribution in [0.15, 0.2) is 27.6 Å². The maximum atomic E-state index is 11.7. The van der Waals surface area contributed by atoms with Crippen LogP contribution in [0.4, 0.5) is 0 Å². The zero-order valence-electron chi connectivity index (χ0n) is 12.5. The summed E-state index contributed by atoms with van der Waals surface area (Å²) in [7, 11) is 1.76. The molecule has 6 nitrogen and oxygen atoms in total. The first-order valence-electron chi connectivity index (χ1n) is 7.39. The highest BCUT2D eigenvalue weighted by Crippen LogP contribution is 2.31. The van der Waals surface area contributed by atoms with E-state index in [2.05, 4.69) is 15.0 Å². The molecular weight excluding hydrogens is 268 g/mol. The summed E-state index contributed by atoms with van der Waals surface area (Å²) >= 11 is 0. The number of likely N-dealkylation sites (tertiary alicyclic amines) is 1. The molecule has 0 amide bonds. The van der Waals surface area contributed by atoms with Crippen LogP contribution >= 0.6 is 0 Å². The Morgan fingerprint density at radius 2 is 2.33 bits per heavy atom. The zero-order valence-corrected chi connectivity index (χ0v) is 12.5. The second kappa shape index (κ2) is 5.81. The van der Waals surface area contributed by atoms with Gasteiger partial charge in [0.15, 0.2) is 5.82 Å². The Balaban J connectivity index is 1.77. The number of nitrogens with zero attached hydrogens (tertiary/aromatic N) is 4. The number of hydrogen-bond acceptors (Lipinski definition) is 5. The zero-order chi connectivity index (χ0) is 14.8. The van der Waals surface area contributed by atoms with Crippen LogP contribution in [0.1, 0.15) is 43.1 Å². The van der Waals surface area contributed by atoms with Crippen molar-refractivity contribution in [2.24, 2.45) is 7.05 Å². The lowest BCUT2D eigenvalue weighted by Crippen LogP contribution is -2.25. The normalized spacial score (nSPS) is 19.2. The minimum Gasteiger partial charge on any atom is -0.339 e. The molecule has 21 heavy (non-hydrogen) atoms. The van der Waals surface area contributed by atoms with Gasteiger partial charge in [-0.1, -0.05) is 12.1 Å². The number of rotatable bonds is 4. The fraction of sp³-hybridized carbons (Fsp3) is 0.533. The molecule has 1 atom stereocenters. The van der Waals surface area contributed by atoms with Crippen molar-refractivity contribution in [1.29, 1.82) is 0 Å². The first-order valence-corrected chi connectivity index (χ1v) is 7.39. The molecule has 2 aromatic rings. The van der Waals surface area contributed by atoms with Gasteiger partial charge in [-0.05, 0) is 31.0 Å². The third-order valence-electron chi connectivity index (χ3n) is 4.00. The first-order chi connectivity index (χ1) is 10.2. The standard InChI is InChI=1S/C15H20N4O2/c1-3-13-16-15(17-21-13)12-5-4-7-19(12)10-11-6-8-18(2)14(20)9-11/h6,8-9,12H,3-5,7,10H2,1-2H3/t12-/m1/s1. The molecule has 1 aliphatic heterocycles. The van der Waals surface area contributed by atoms with Gasteiger partial charge in [-0.15, -0.1) is 0 Å². The van der Waals surface area contributed by atoms with Crippen molar-refractivity contribution >= 4 is 0 Å². The van der Waals surface area contributed by atoms with E-state index in [1.807, 2.05) is 19.2 Å². The van der Waals surface area contributed by atoms with Crippen LogP contribution < -0.4 is 5.56 Å². The number of hydrogen-bond donors (Lipinski definition) is 0. The Labute approximate surface area is 123 Å². The summed E-state index contributed by atoms with van der Waals surface area (Å²) in [6.07, 6.45) is 4.72. The molecule has 0 radical (unpaired) electrons. The lowest BCUT2D eigenvalue weighted by molar-refractivity contribution is 0.234. The highest BCUT2D eigenvalue weighted by Gasteiger charge is 2.29. The summed E-state index contributed by atoms with van der Waals surface area (Å²) in [6.45, 7) is 3.75. The highest BCUT2D eigenvalue weighted by molar-refractivity contribution is 5.12. The molecule has 1 fully saturated rings. The molecule has 0 unspecified atom stereocenters. The van der Waals surface area contributed by atoms with Crippen LogP contribution in [0.25, 0.3) is 0 Å². The summed E-state index contributed by atoms with van der Waals surface area (Å²) < 4.78 is 6.80. The molecule has 112 valence electrons. The lowest BCUT2D eigenvalue weighted by Gasteiger charge is -2.21. The van der Waals surface area contributed by atoms with Crippen molar-refractivity contribution < 1.29 is 4.52 Å². The van der Waals surface area contributed by atoms with Gasteiger partial charge in [0.05, 0.1) is 6.04 Å². The molecule has 1 saturated heterocycles. The average Bonchev–Trinajstić information content (AvgIpc) is 3.11. The van der Waals surface area contributed by atoms with Crippen LogP contribution in [0.2, 0.25) is 0 Å². The number of aromatic nitrogens is 3. The smallest absolute Gasteiger partial charge is 0.250 e. The molecule has 6 heteroatoms. The monoisotopic (exact) mass is 288 g/mol. The van der Waals surface area contributed by atoms with Crippen molar-refractivity contribution in [3.63, 3.8) is 0 Å². The molecule has 0 N–H and O–H groups in total. The van der Waals surface area contributed by atoms with E-state index in [0.29, 0.717) is 5.89 Å². The Hall–Kier alpha value is -1.95. The molecule has 0 spiro atoms. The summed E-state index contributed by atoms with van der Waals surface area (Å²) in [5.41, 5.74) is 1.06. The molecule has 0 saturated carbocycles. The average molecular weight is 288 g/mol. The second-order valence-electron chi connectivity index (χ2n) is 5.51. The molecular formula is C15H20N4O2. The molecule has 0 aromatic carbocycles. The third kappa shape index (κ3) is 2.90.